The van der Waals surface area contributed by atoms with E-state index in [2.05, 4.69) is 5.32 Å². The number of ether oxygens (including phenoxy) is 3. The maximum absolute atomic E-state index is 12.7. The Morgan fingerprint density at radius 2 is 1.42 bits per heavy atom. The molecule has 0 aliphatic carbocycles. The van der Waals surface area contributed by atoms with Gasteiger partial charge in [-0.1, -0.05) is 36.4 Å². The van der Waals surface area contributed by atoms with Crippen molar-refractivity contribution in [1.82, 2.24) is 0 Å². The normalized spacial score (nSPS) is 10.9. The number of benzene rings is 3. The van der Waals surface area contributed by atoms with Crippen LogP contribution in [-0.2, 0) is 6.42 Å². The summed E-state index contributed by atoms with van der Waals surface area (Å²) >= 11 is 0. The Hall–Kier alpha value is -4.65. The maximum atomic E-state index is 12.7. The number of rotatable bonds is 9. The fourth-order valence-electron chi connectivity index (χ4n) is 3.67. The Kier molecular flexibility index (Phi) is 7.60. The average Bonchev–Trinajstić information content (AvgIpc) is 3.38. The van der Waals surface area contributed by atoms with Crippen LogP contribution in [0.4, 0.5) is 5.69 Å². The third kappa shape index (κ3) is 5.88. The third-order valence-corrected chi connectivity index (χ3v) is 5.58. The Bertz CT molecular complexity index is 1330. The van der Waals surface area contributed by atoms with Crippen LogP contribution in [0.3, 0.4) is 0 Å². The first-order valence-electron chi connectivity index (χ1n) is 11.2. The third-order valence-electron chi connectivity index (χ3n) is 5.58. The van der Waals surface area contributed by atoms with Crippen LogP contribution in [-0.4, -0.2) is 32.3 Å². The van der Waals surface area contributed by atoms with Crippen LogP contribution in [0.15, 0.2) is 77.2 Å². The van der Waals surface area contributed by atoms with Gasteiger partial charge in [0.15, 0.2) is 5.76 Å². The van der Waals surface area contributed by atoms with Gasteiger partial charge in [0.1, 0.15) is 28.8 Å². The van der Waals surface area contributed by atoms with E-state index < -0.39 is 0 Å². The lowest BCUT2D eigenvalue weighted by Crippen LogP contribution is -2.10. The smallest absolute Gasteiger partial charge is 0.291 e. The predicted molar refractivity (Wildman–Crippen MR) is 139 cm³/mol. The van der Waals surface area contributed by atoms with Gasteiger partial charge in [0.05, 0.1) is 21.3 Å². The SMILES string of the molecule is COc1cc(OC)c(Cc2ccc(C(=O)Nc3ccc(C=Cc4ccc(O)cc4)cc3)o2)c(OC)c1. The number of anilines is 1. The molecule has 7 heteroatoms. The molecule has 184 valence electrons. The molecule has 0 aliphatic heterocycles. The number of amides is 1. The molecule has 0 aliphatic rings. The summed E-state index contributed by atoms with van der Waals surface area (Å²) in [6, 6.07) is 21.4. The molecule has 0 radical (unpaired) electrons. The second-order valence-corrected chi connectivity index (χ2v) is 7.95. The number of carbonyl (C=O) groups is 1. The highest BCUT2D eigenvalue weighted by atomic mass is 16.5. The zero-order valence-corrected chi connectivity index (χ0v) is 20.3. The van der Waals surface area contributed by atoms with Gasteiger partial charge in [-0.15, -0.1) is 0 Å². The zero-order valence-electron chi connectivity index (χ0n) is 20.3. The molecule has 7 nitrogen and oxygen atoms in total. The fraction of sp³-hybridized carbons (Fsp3) is 0.138. The Labute approximate surface area is 209 Å². The number of hydrogen-bond acceptors (Lipinski definition) is 6. The second-order valence-electron chi connectivity index (χ2n) is 7.95. The van der Waals surface area contributed by atoms with E-state index in [1.165, 1.54) is 0 Å². The molecule has 0 saturated carbocycles. The van der Waals surface area contributed by atoms with E-state index in [0.717, 1.165) is 16.7 Å². The molecule has 0 atom stereocenters. The number of aromatic hydroxyl groups is 1. The monoisotopic (exact) mass is 485 g/mol. The molecule has 1 amide bonds. The minimum absolute atomic E-state index is 0.202. The average molecular weight is 486 g/mol. The first-order valence-corrected chi connectivity index (χ1v) is 11.2. The molecular weight excluding hydrogens is 458 g/mol. The summed E-state index contributed by atoms with van der Waals surface area (Å²) in [7, 11) is 4.73. The van der Waals surface area contributed by atoms with Crippen molar-refractivity contribution in [1.29, 1.82) is 0 Å². The number of furan rings is 1. The molecule has 0 spiro atoms. The van der Waals surface area contributed by atoms with Gasteiger partial charge in [0.25, 0.3) is 5.91 Å². The van der Waals surface area contributed by atoms with Crippen molar-refractivity contribution in [2.75, 3.05) is 26.6 Å². The molecule has 0 saturated heterocycles. The van der Waals surface area contributed by atoms with Gasteiger partial charge in [-0.05, 0) is 47.5 Å². The van der Waals surface area contributed by atoms with E-state index >= 15 is 0 Å². The van der Waals surface area contributed by atoms with E-state index in [0.29, 0.717) is 35.1 Å². The summed E-state index contributed by atoms with van der Waals surface area (Å²) in [5.74, 6) is 2.51. The van der Waals surface area contributed by atoms with Crippen molar-refractivity contribution >= 4 is 23.7 Å². The summed E-state index contributed by atoms with van der Waals surface area (Å²) in [6.07, 6.45) is 4.29. The Morgan fingerprint density at radius 1 is 0.833 bits per heavy atom. The van der Waals surface area contributed by atoms with Crippen LogP contribution < -0.4 is 19.5 Å². The van der Waals surface area contributed by atoms with Gasteiger partial charge in [-0.3, -0.25) is 4.79 Å². The van der Waals surface area contributed by atoms with Gasteiger partial charge in [-0.25, -0.2) is 0 Å². The first-order chi connectivity index (χ1) is 17.5. The lowest BCUT2D eigenvalue weighted by molar-refractivity contribution is 0.0995. The summed E-state index contributed by atoms with van der Waals surface area (Å²) < 4.78 is 22.1. The summed E-state index contributed by atoms with van der Waals surface area (Å²) in [6.45, 7) is 0. The van der Waals surface area contributed by atoms with Crippen molar-refractivity contribution < 1.29 is 28.5 Å². The Morgan fingerprint density at radius 3 is 1.97 bits per heavy atom. The van der Waals surface area contributed by atoms with Gasteiger partial charge in [-0.2, -0.15) is 0 Å². The number of phenols is 1. The molecule has 4 rings (SSSR count). The highest BCUT2D eigenvalue weighted by Gasteiger charge is 2.17. The van der Waals surface area contributed by atoms with Crippen LogP contribution in [0, 0.1) is 0 Å². The maximum Gasteiger partial charge on any atom is 0.291 e. The van der Waals surface area contributed by atoms with Crippen molar-refractivity contribution in [3.05, 3.63) is 101 Å². The van der Waals surface area contributed by atoms with Crippen LogP contribution >= 0.6 is 0 Å². The Balaban J connectivity index is 1.41. The minimum atomic E-state index is -0.345. The zero-order chi connectivity index (χ0) is 25.5. The standard InChI is InChI=1S/C29H27NO6/c1-33-24-17-27(34-2)25(28(18-24)35-3)16-23-14-15-26(36-23)29(32)30-21-10-6-19(7-11-21)4-5-20-8-12-22(31)13-9-20/h4-15,17-18,31H,16H2,1-3H3,(H,30,32). The van der Waals surface area contributed by atoms with Crippen molar-refractivity contribution in [3.8, 4) is 23.0 Å². The van der Waals surface area contributed by atoms with Crippen LogP contribution in [0.1, 0.15) is 33.0 Å². The predicted octanol–water partition coefficient (Wildman–Crippen LogP) is 6.02. The minimum Gasteiger partial charge on any atom is -0.508 e. The molecule has 4 aromatic rings. The lowest BCUT2D eigenvalue weighted by atomic mass is 10.1. The summed E-state index contributed by atoms with van der Waals surface area (Å²) in [5.41, 5.74) is 3.39. The molecule has 1 aromatic heterocycles. The molecule has 3 aromatic carbocycles. The molecular formula is C29H27NO6. The molecule has 36 heavy (non-hydrogen) atoms. The van der Waals surface area contributed by atoms with E-state index in [1.807, 2.05) is 48.6 Å². The number of methoxy groups -OCH3 is 3. The topological polar surface area (TPSA) is 90.2 Å². The van der Waals surface area contributed by atoms with Gasteiger partial charge in [0, 0.05) is 29.8 Å². The number of phenolic OH excluding ortho intramolecular Hbond substituents is 1. The van der Waals surface area contributed by atoms with Crippen molar-refractivity contribution in [2.24, 2.45) is 0 Å². The quantitative estimate of drug-likeness (QED) is 0.282. The molecule has 0 fully saturated rings. The summed E-state index contributed by atoms with van der Waals surface area (Å²) in [4.78, 5) is 12.7. The first kappa shape index (κ1) is 24.5. The van der Waals surface area contributed by atoms with E-state index in [4.69, 9.17) is 18.6 Å². The van der Waals surface area contributed by atoms with Crippen molar-refractivity contribution in [3.63, 3.8) is 0 Å². The molecule has 2 N–H and O–H groups in total. The highest BCUT2D eigenvalue weighted by Crippen LogP contribution is 2.36. The van der Waals surface area contributed by atoms with Gasteiger partial charge >= 0.3 is 0 Å². The van der Waals surface area contributed by atoms with E-state index in [9.17, 15) is 9.90 Å². The number of carbonyl (C=O) groups excluding carboxylic acids is 1. The van der Waals surface area contributed by atoms with Crippen LogP contribution in [0.2, 0.25) is 0 Å². The molecule has 0 bridgehead atoms. The van der Waals surface area contributed by atoms with Crippen molar-refractivity contribution in [2.45, 2.75) is 6.42 Å². The molecule has 0 unspecified atom stereocenters. The van der Waals surface area contributed by atoms with Gasteiger partial charge in [0.2, 0.25) is 0 Å². The van der Waals surface area contributed by atoms with Crippen LogP contribution in [0.5, 0.6) is 23.0 Å². The lowest BCUT2D eigenvalue weighted by Gasteiger charge is -2.14. The number of hydrogen-bond donors (Lipinski definition) is 2. The van der Waals surface area contributed by atoms with E-state index in [-0.39, 0.29) is 17.4 Å². The largest absolute Gasteiger partial charge is 0.508 e. The highest BCUT2D eigenvalue weighted by molar-refractivity contribution is 6.02. The van der Waals surface area contributed by atoms with Crippen LogP contribution in [0.25, 0.3) is 12.2 Å². The van der Waals surface area contributed by atoms with E-state index in [1.54, 1.807) is 57.7 Å². The molecule has 1 heterocycles. The van der Waals surface area contributed by atoms with Gasteiger partial charge < -0.3 is 29.1 Å². The number of nitrogens with one attached hydrogen (secondary N) is 1. The second kappa shape index (κ2) is 11.2. The summed E-state index contributed by atoms with van der Waals surface area (Å²) in [5, 5.41) is 12.2. The fourth-order valence-corrected chi connectivity index (χ4v) is 3.67.